The van der Waals surface area contributed by atoms with Gasteiger partial charge in [-0.1, -0.05) is 12.1 Å². The normalized spacial score (nSPS) is 20.2. The minimum Gasteiger partial charge on any atom is -0.356 e. The zero-order valence-corrected chi connectivity index (χ0v) is 20.9. The van der Waals surface area contributed by atoms with Crippen molar-refractivity contribution < 1.29 is 51.1 Å². The summed E-state index contributed by atoms with van der Waals surface area (Å²) in [5, 5.41) is 11.5. The van der Waals surface area contributed by atoms with Crippen LogP contribution in [0, 0.1) is 17.7 Å². The number of hydrogen-bond acceptors (Lipinski definition) is 7. The quantitative estimate of drug-likeness (QED) is 0.182. The number of carbonyl (C=O) groups is 6. The van der Waals surface area contributed by atoms with Crippen molar-refractivity contribution >= 4 is 41.0 Å². The molecular formula is C24H27F4N5O7. The van der Waals surface area contributed by atoms with Crippen molar-refractivity contribution in [3.63, 3.8) is 0 Å². The Balaban J connectivity index is 1.76. The molecule has 2 aliphatic heterocycles. The predicted octanol–water partition coefficient (Wildman–Crippen LogP) is -0.108. The van der Waals surface area contributed by atoms with E-state index in [-0.39, 0.29) is 44.5 Å². The first-order valence-electron chi connectivity index (χ1n) is 12.3. The van der Waals surface area contributed by atoms with Gasteiger partial charge in [-0.25, -0.2) is 4.39 Å². The lowest BCUT2D eigenvalue weighted by Gasteiger charge is -2.25. The van der Waals surface area contributed by atoms with E-state index in [1.165, 1.54) is 18.2 Å². The topological polar surface area (TPSA) is 172 Å². The number of nitrogens with one attached hydrogen (secondary N) is 5. The van der Waals surface area contributed by atoms with Crippen LogP contribution < -0.4 is 26.6 Å². The highest BCUT2D eigenvalue weighted by Gasteiger charge is 2.38. The molecule has 5 N–H and O–H groups in total. The Labute approximate surface area is 224 Å². The molecule has 0 radical (unpaired) electrons. The summed E-state index contributed by atoms with van der Waals surface area (Å²) < 4.78 is 55.0. The van der Waals surface area contributed by atoms with Crippen LogP contribution in [0.1, 0.15) is 25.7 Å². The Hall–Kier alpha value is -4.08. The summed E-state index contributed by atoms with van der Waals surface area (Å²) in [5.74, 6) is -8.28. The molecule has 16 heteroatoms. The van der Waals surface area contributed by atoms with Crippen molar-refractivity contribution in [3.8, 4) is 0 Å². The smallest absolute Gasteiger partial charge is 0.356 e. The van der Waals surface area contributed by atoms with E-state index in [1.807, 2.05) is 5.32 Å². The fourth-order valence-corrected chi connectivity index (χ4v) is 4.30. The summed E-state index contributed by atoms with van der Waals surface area (Å²) in [4.78, 5) is 74.9. The van der Waals surface area contributed by atoms with Crippen LogP contribution >= 0.6 is 0 Å². The first-order valence-corrected chi connectivity index (χ1v) is 12.3. The molecule has 1 aromatic rings. The van der Waals surface area contributed by atoms with E-state index in [0.29, 0.717) is 0 Å². The molecule has 0 aliphatic carbocycles. The molecule has 0 spiro atoms. The summed E-state index contributed by atoms with van der Waals surface area (Å²) in [6.07, 6.45) is -5.26. The van der Waals surface area contributed by atoms with Crippen LogP contribution in [-0.2, 0) is 33.5 Å². The van der Waals surface area contributed by atoms with Crippen molar-refractivity contribution in [2.24, 2.45) is 11.8 Å². The molecule has 2 heterocycles. The van der Waals surface area contributed by atoms with Gasteiger partial charge in [0.05, 0.1) is 11.7 Å². The van der Waals surface area contributed by atoms with E-state index in [1.54, 1.807) is 0 Å². The number of halogens is 4. The Bertz CT molecular complexity index is 1160. The van der Waals surface area contributed by atoms with Crippen LogP contribution in [0.4, 0.5) is 23.2 Å². The van der Waals surface area contributed by atoms with Crippen LogP contribution in [0.2, 0.25) is 0 Å². The van der Waals surface area contributed by atoms with Crippen LogP contribution in [0.25, 0.3) is 0 Å². The average molecular weight is 574 g/mol. The molecular weight excluding hydrogens is 546 g/mol. The van der Waals surface area contributed by atoms with Gasteiger partial charge in [0.2, 0.25) is 17.7 Å². The number of para-hydroxylation sites is 1. The molecule has 40 heavy (non-hydrogen) atoms. The molecule has 12 nitrogen and oxygen atoms in total. The van der Waals surface area contributed by atoms with Gasteiger partial charge >= 0.3 is 18.2 Å². The maximum atomic E-state index is 13.9. The van der Waals surface area contributed by atoms with Crippen LogP contribution in [0.3, 0.4) is 0 Å². The van der Waals surface area contributed by atoms with E-state index in [2.05, 4.69) is 26.0 Å². The lowest BCUT2D eigenvalue weighted by atomic mass is 9.94. The Kier molecular flexibility index (Phi) is 10.1. The molecule has 0 bridgehead atoms. The number of benzene rings is 1. The fraction of sp³-hybridized carbons (Fsp3) is 0.500. The van der Waals surface area contributed by atoms with Gasteiger partial charge in [-0.3, -0.25) is 33.5 Å². The second-order valence-corrected chi connectivity index (χ2v) is 9.25. The van der Waals surface area contributed by atoms with Crippen molar-refractivity contribution in [2.75, 3.05) is 25.0 Å². The van der Waals surface area contributed by atoms with Crippen LogP contribution in [-0.4, -0.2) is 73.5 Å². The predicted molar refractivity (Wildman–Crippen MR) is 127 cm³/mol. The zero-order valence-electron chi connectivity index (χ0n) is 20.9. The van der Waals surface area contributed by atoms with Gasteiger partial charge in [0.1, 0.15) is 18.5 Å². The number of carbonyl (C=O) groups excluding carboxylic acids is 6. The van der Waals surface area contributed by atoms with Crippen molar-refractivity contribution in [2.45, 2.75) is 44.1 Å². The minimum absolute atomic E-state index is 0.261. The summed E-state index contributed by atoms with van der Waals surface area (Å²) in [6, 6.07) is 1.76. The summed E-state index contributed by atoms with van der Waals surface area (Å²) in [7, 11) is 0. The third-order valence-electron chi connectivity index (χ3n) is 6.40. The number of Topliss-reactive ketones (excluding diaryl/α,β-unsaturated/α-hetero) is 1. The van der Waals surface area contributed by atoms with E-state index in [4.69, 9.17) is 0 Å². The third-order valence-corrected chi connectivity index (χ3v) is 6.40. The van der Waals surface area contributed by atoms with E-state index >= 15 is 0 Å². The minimum atomic E-state index is -5.13. The molecule has 2 fully saturated rings. The van der Waals surface area contributed by atoms with Gasteiger partial charge in [-0.05, 0) is 37.8 Å². The molecule has 5 amide bonds. The number of ether oxygens (including phenoxy) is 1. The van der Waals surface area contributed by atoms with Crippen LogP contribution in [0.5, 0.6) is 0 Å². The highest BCUT2D eigenvalue weighted by Crippen LogP contribution is 2.21. The average Bonchev–Trinajstić information content (AvgIpc) is 3.49. The number of hydrogen-bond donors (Lipinski definition) is 5. The van der Waals surface area contributed by atoms with E-state index in [9.17, 15) is 46.3 Å². The first-order chi connectivity index (χ1) is 18.8. The molecule has 2 saturated heterocycles. The van der Waals surface area contributed by atoms with Crippen LogP contribution in [0.15, 0.2) is 24.3 Å². The molecule has 2 aliphatic rings. The molecule has 0 aromatic heterocycles. The molecule has 218 valence electrons. The van der Waals surface area contributed by atoms with Crippen molar-refractivity contribution in [1.82, 2.24) is 21.3 Å². The molecule has 4 atom stereocenters. The lowest BCUT2D eigenvalue weighted by Crippen LogP contribution is -2.55. The third kappa shape index (κ3) is 8.72. The maximum Gasteiger partial charge on any atom is 0.522 e. The summed E-state index contributed by atoms with van der Waals surface area (Å²) in [6.45, 7) is -0.897. The van der Waals surface area contributed by atoms with E-state index < -0.39 is 78.0 Å². The second kappa shape index (κ2) is 13.3. The maximum absolute atomic E-state index is 13.9. The highest BCUT2D eigenvalue weighted by atomic mass is 19.4. The van der Waals surface area contributed by atoms with E-state index in [0.717, 1.165) is 6.07 Å². The van der Waals surface area contributed by atoms with Gasteiger partial charge in [0.25, 0.3) is 0 Å². The Morgan fingerprint density at radius 2 is 1.48 bits per heavy atom. The second-order valence-electron chi connectivity index (χ2n) is 9.25. The Morgan fingerprint density at radius 3 is 2.00 bits per heavy atom. The molecule has 0 saturated carbocycles. The van der Waals surface area contributed by atoms with Gasteiger partial charge in [0.15, 0.2) is 5.78 Å². The number of rotatable bonds is 11. The van der Waals surface area contributed by atoms with Gasteiger partial charge < -0.3 is 26.6 Å². The lowest BCUT2D eigenvalue weighted by molar-refractivity contribution is -0.321. The fourth-order valence-electron chi connectivity index (χ4n) is 4.30. The Morgan fingerprint density at radius 1 is 0.900 bits per heavy atom. The molecule has 3 rings (SSSR count). The number of alkyl halides is 3. The SMILES string of the molecule is O=C(Nc1ccccc1F)C(=O)N[C@@H](CC1CCNC1=O)C(=O)N[C@@H](C[C@@H]1CCNC1=O)C(=O)COC(F)(F)F. The highest BCUT2D eigenvalue weighted by molar-refractivity contribution is 6.40. The summed E-state index contributed by atoms with van der Waals surface area (Å²) in [5.41, 5.74) is -0.316. The van der Waals surface area contributed by atoms with Gasteiger partial charge in [-0.15, -0.1) is 13.2 Å². The van der Waals surface area contributed by atoms with Crippen molar-refractivity contribution in [3.05, 3.63) is 30.1 Å². The number of ketones is 1. The van der Waals surface area contributed by atoms with Crippen molar-refractivity contribution in [1.29, 1.82) is 0 Å². The molecule has 1 aromatic carbocycles. The molecule has 1 unspecified atom stereocenters. The standard InChI is InChI=1S/C24H27F4N5O7/c25-14-3-1-2-4-15(14)31-22(38)23(39)33-17(10-13-6-8-30-20(13)36)21(37)32-16(9-12-5-7-29-19(12)35)18(34)11-40-24(26,27)28/h1-4,12-13,16-17H,5-11H2,(H,29,35)(H,30,36)(H,31,38)(H,32,37)(H,33,39)/t12-,13?,16-,17-/m0/s1. The first kappa shape index (κ1) is 30.5. The number of amides is 5. The van der Waals surface area contributed by atoms with Gasteiger partial charge in [0, 0.05) is 24.9 Å². The summed E-state index contributed by atoms with van der Waals surface area (Å²) >= 11 is 0. The number of anilines is 1. The van der Waals surface area contributed by atoms with Gasteiger partial charge in [-0.2, -0.15) is 0 Å². The largest absolute Gasteiger partial charge is 0.522 e. The monoisotopic (exact) mass is 573 g/mol. The zero-order chi connectivity index (χ0) is 29.4.